The standard InChI is InChI=1S/C13H23NO3S2/c1-9(2)13(4,5)8-14-19(16,17)12-6-10(3)11(7-15)18-12/h6,9,14-15H,7-8H2,1-5H3. The number of aliphatic hydroxyl groups excluding tert-OH is 1. The summed E-state index contributed by atoms with van der Waals surface area (Å²) < 4.78 is 27.3. The van der Waals surface area contributed by atoms with Gasteiger partial charge in [-0.05, 0) is 29.9 Å². The molecule has 0 saturated heterocycles. The van der Waals surface area contributed by atoms with Crippen molar-refractivity contribution in [2.24, 2.45) is 11.3 Å². The van der Waals surface area contributed by atoms with Gasteiger partial charge in [0.25, 0.3) is 0 Å². The van der Waals surface area contributed by atoms with Gasteiger partial charge in [-0.1, -0.05) is 27.7 Å². The Morgan fingerprint density at radius 1 is 1.42 bits per heavy atom. The van der Waals surface area contributed by atoms with E-state index in [-0.39, 0.29) is 16.2 Å². The second-order valence-electron chi connectivity index (χ2n) is 5.80. The Labute approximate surface area is 119 Å². The molecule has 1 rings (SSSR count). The molecular weight excluding hydrogens is 282 g/mol. The van der Waals surface area contributed by atoms with E-state index in [0.29, 0.717) is 17.3 Å². The third-order valence-electron chi connectivity index (χ3n) is 3.69. The van der Waals surface area contributed by atoms with Crippen LogP contribution in [0.25, 0.3) is 0 Å². The van der Waals surface area contributed by atoms with Gasteiger partial charge in [0.15, 0.2) is 0 Å². The average molecular weight is 305 g/mol. The quantitative estimate of drug-likeness (QED) is 0.848. The maximum Gasteiger partial charge on any atom is 0.250 e. The number of hydrogen-bond donors (Lipinski definition) is 2. The average Bonchev–Trinajstić information content (AvgIpc) is 2.69. The zero-order valence-electron chi connectivity index (χ0n) is 12.1. The molecule has 1 aromatic heterocycles. The fraction of sp³-hybridized carbons (Fsp3) is 0.692. The molecule has 0 fully saturated rings. The minimum Gasteiger partial charge on any atom is -0.391 e. The molecule has 110 valence electrons. The zero-order chi connectivity index (χ0) is 14.8. The molecule has 0 atom stereocenters. The Kier molecular flexibility index (Phi) is 5.17. The molecule has 0 amide bonds. The maximum absolute atomic E-state index is 12.2. The van der Waals surface area contributed by atoms with Crippen LogP contribution < -0.4 is 4.72 Å². The Morgan fingerprint density at radius 3 is 2.42 bits per heavy atom. The van der Waals surface area contributed by atoms with Gasteiger partial charge in [0.05, 0.1) is 6.61 Å². The normalized spacial score (nSPS) is 13.2. The van der Waals surface area contributed by atoms with Crippen molar-refractivity contribution in [3.05, 3.63) is 16.5 Å². The van der Waals surface area contributed by atoms with Gasteiger partial charge in [-0.3, -0.25) is 0 Å². The van der Waals surface area contributed by atoms with Crippen LogP contribution in [-0.4, -0.2) is 20.1 Å². The second-order valence-corrected chi connectivity index (χ2v) is 8.93. The van der Waals surface area contributed by atoms with Crippen molar-refractivity contribution >= 4 is 21.4 Å². The van der Waals surface area contributed by atoms with E-state index in [1.165, 1.54) is 0 Å². The highest BCUT2D eigenvalue weighted by atomic mass is 32.2. The van der Waals surface area contributed by atoms with Crippen LogP contribution in [0.4, 0.5) is 0 Å². The van der Waals surface area contributed by atoms with E-state index in [2.05, 4.69) is 18.6 Å². The lowest BCUT2D eigenvalue weighted by Gasteiger charge is -2.29. The van der Waals surface area contributed by atoms with Crippen molar-refractivity contribution in [1.29, 1.82) is 0 Å². The predicted molar refractivity (Wildman–Crippen MR) is 78.8 cm³/mol. The summed E-state index contributed by atoms with van der Waals surface area (Å²) in [4.78, 5) is 0.698. The number of aryl methyl sites for hydroxylation is 1. The van der Waals surface area contributed by atoms with Crippen molar-refractivity contribution < 1.29 is 13.5 Å². The van der Waals surface area contributed by atoms with Crippen LogP contribution in [0.5, 0.6) is 0 Å². The van der Waals surface area contributed by atoms with Gasteiger partial charge < -0.3 is 5.11 Å². The zero-order valence-corrected chi connectivity index (χ0v) is 13.8. The first-order valence-electron chi connectivity index (χ1n) is 6.30. The number of nitrogens with one attached hydrogen (secondary N) is 1. The third kappa shape index (κ3) is 4.02. The second kappa shape index (κ2) is 5.91. The SMILES string of the molecule is Cc1cc(S(=O)(=O)NCC(C)(C)C(C)C)sc1CO. The van der Waals surface area contributed by atoms with Crippen LogP contribution >= 0.6 is 11.3 Å². The largest absolute Gasteiger partial charge is 0.391 e. The van der Waals surface area contributed by atoms with E-state index in [0.717, 1.165) is 16.9 Å². The van der Waals surface area contributed by atoms with Crippen LogP contribution in [0.3, 0.4) is 0 Å². The van der Waals surface area contributed by atoms with Gasteiger partial charge in [0.2, 0.25) is 10.0 Å². The van der Waals surface area contributed by atoms with Crippen molar-refractivity contribution in [1.82, 2.24) is 4.72 Å². The van der Waals surface area contributed by atoms with Gasteiger partial charge in [-0.2, -0.15) is 0 Å². The van der Waals surface area contributed by atoms with Gasteiger partial charge in [0, 0.05) is 11.4 Å². The van der Waals surface area contributed by atoms with Crippen LogP contribution in [0.1, 0.15) is 38.1 Å². The summed E-state index contributed by atoms with van der Waals surface area (Å²) in [5, 5.41) is 9.12. The highest BCUT2D eigenvalue weighted by Crippen LogP contribution is 2.28. The van der Waals surface area contributed by atoms with E-state index < -0.39 is 10.0 Å². The van der Waals surface area contributed by atoms with Crippen LogP contribution in [0.15, 0.2) is 10.3 Å². The minimum atomic E-state index is -3.48. The smallest absolute Gasteiger partial charge is 0.250 e. The molecule has 4 nitrogen and oxygen atoms in total. The van der Waals surface area contributed by atoms with E-state index >= 15 is 0 Å². The first-order valence-corrected chi connectivity index (χ1v) is 8.60. The molecule has 0 aliphatic heterocycles. The number of sulfonamides is 1. The Bertz CT molecular complexity index is 530. The Morgan fingerprint density at radius 2 is 2.00 bits per heavy atom. The summed E-state index contributed by atoms with van der Waals surface area (Å²) in [5.74, 6) is 0.383. The summed E-state index contributed by atoms with van der Waals surface area (Å²) in [7, 11) is -3.48. The monoisotopic (exact) mass is 305 g/mol. The number of thiophene rings is 1. The summed E-state index contributed by atoms with van der Waals surface area (Å²) in [5.41, 5.74) is 0.718. The molecule has 0 unspecified atom stereocenters. The molecule has 0 spiro atoms. The lowest BCUT2D eigenvalue weighted by atomic mass is 9.81. The molecule has 6 heteroatoms. The van der Waals surface area contributed by atoms with Crippen molar-refractivity contribution in [2.75, 3.05) is 6.54 Å². The van der Waals surface area contributed by atoms with Gasteiger partial charge in [0.1, 0.15) is 4.21 Å². The fourth-order valence-electron chi connectivity index (χ4n) is 1.33. The van der Waals surface area contributed by atoms with Crippen LogP contribution in [-0.2, 0) is 16.6 Å². The first kappa shape index (κ1) is 16.6. The molecule has 2 N–H and O–H groups in total. The number of aliphatic hydroxyl groups is 1. The van der Waals surface area contributed by atoms with Gasteiger partial charge in [-0.25, -0.2) is 13.1 Å². The van der Waals surface area contributed by atoms with Crippen LogP contribution in [0, 0.1) is 18.3 Å². The minimum absolute atomic E-state index is 0.0980. The summed E-state index contributed by atoms with van der Waals surface area (Å²) in [6.45, 7) is 10.3. The fourth-order valence-corrected chi connectivity index (χ4v) is 4.05. The van der Waals surface area contributed by atoms with Crippen LogP contribution in [0.2, 0.25) is 0 Å². The lowest BCUT2D eigenvalue weighted by Crippen LogP contribution is -2.36. The van der Waals surface area contributed by atoms with E-state index in [1.807, 2.05) is 13.8 Å². The molecule has 0 saturated carbocycles. The van der Waals surface area contributed by atoms with Gasteiger partial charge in [-0.15, -0.1) is 11.3 Å². The molecular formula is C13H23NO3S2. The van der Waals surface area contributed by atoms with Crippen molar-refractivity contribution in [2.45, 2.75) is 45.4 Å². The summed E-state index contributed by atoms with van der Waals surface area (Å²) >= 11 is 1.12. The Hall–Kier alpha value is -0.430. The molecule has 0 radical (unpaired) electrons. The molecule has 0 aliphatic carbocycles. The first-order chi connectivity index (χ1) is 8.60. The number of rotatable bonds is 6. The van der Waals surface area contributed by atoms with E-state index in [9.17, 15) is 8.42 Å². The molecule has 1 heterocycles. The maximum atomic E-state index is 12.2. The van der Waals surface area contributed by atoms with E-state index in [1.54, 1.807) is 13.0 Å². The third-order valence-corrected chi connectivity index (χ3v) is 6.78. The van der Waals surface area contributed by atoms with Gasteiger partial charge >= 0.3 is 0 Å². The van der Waals surface area contributed by atoms with Crippen molar-refractivity contribution in [3.63, 3.8) is 0 Å². The molecule has 0 aliphatic rings. The highest BCUT2D eigenvalue weighted by molar-refractivity contribution is 7.91. The highest BCUT2D eigenvalue weighted by Gasteiger charge is 2.26. The Balaban J connectivity index is 2.87. The molecule has 1 aromatic rings. The summed E-state index contributed by atoms with van der Waals surface area (Å²) in [6, 6.07) is 1.61. The predicted octanol–water partition coefficient (Wildman–Crippen LogP) is 2.51. The molecule has 0 aromatic carbocycles. The summed E-state index contributed by atoms with van der Waals surface area (Å²) in [6.07, 6.45) is 0. The molecule has 19 heavy (non-hydrogen) atoms. The van der Waals surface area contributed by atoms with Crippen molar-refractivity contribution in [3.8, 4) is 0 Å². The number of hydrogen-bond acceptors (Lipinski definition) is 4. The molecule has 0 bridgehead atoms. The lowest BCUT2D eigenvalue weighted by molar-refractivity contribution is 0.252. The topological polar surface area (TPSA) is 66.4 Å². The van der Waals surface area contributed by atoms with E-state index in [4.69, 9.17) is 5.11 Å².